The molecule has 0 unspecified atom stereocenters. The summed E-state index contributed by atoms with van der Waals surface area (Å²) in [6.07, 6.45) is 0. The van der Waals surface area contributed by atoms with Crippen molar-refractivity contribution in [1.82, 2.24) is 9.78 Å². The zero-order chi connectivity index (χ0) is 14.9. The van der Waals surface area contributed by atoms with Crippen LogP contribution in [-0.2, 0) is 20.2 Å². The Bertz CT molecular complexity index is 640. The molecule has 0 saturated heterocycles. The van der Waals surface area contributed by atoms with E-state index in [2.05, 4.69) is 5.10 Å². The van der Waals surface area contributed by atoms with Crippen molar-refractivity contribution in [3.05, 3.63) is 44.2 Å². The third kappa shape index (κ3) is 3.04. The van der Waals surface area contributed by atoms with Gasteiger partial charge in [-0.2, -0.15) is 5.10 Å². The zero-order valence-corrected chi connectivity index (χ0v) is 13.4. The molecule has 2 aromatic rings. The Balaban J connectivity index is 2.27. The number of aromatic nitrogens is 2. The van der Waals surface area contributed by atoms with Gasteiger partial charge in [0, 0.05) is 24.2 Å². The summed E-state index contributed by atoms with van der Waals surface area (Å²) in [5.74, 6) is 0.522. The average Bonchev–Trinajstić information content (AvgIpc) is 2.62. The second-order valence-corrected chi connectivity index (χ2v) is 5.56. The molecule has 4 nitrogen and oxygen atoms in total. The molecule has 7 heteroatoms. The highest BCUT2D eigenvalue weighted by Gasteiger charge is 2.14. The predicted molar refractivity (Wildman–Crippen MR) is 81.6 cm³/mol. The van der Waals surface area contributed by atoms with E-state index in [-0.39, 0.29) is 13.2 Å². The highest BCUT2D eigenvalue weighted by atomic mass is 35.5. The summed E-state index contributed by atoms with van der Waals surface area (Å²) < 4.78 is 7.44. The van der Waals surface area contributed by atoms with Crippen LogP contribution < -0.4 is 10.5 Å². The van der Waals surface area contributed by atoms with Gasteiger partial charge in [0.1, 0.15) is 12.4 Å². The normalized spacial score (nSPS) is 10.9. The second-order valence-electron chi connectivity index (χ2n) is 4.34. The first-order chi connectivity index (χ1) is 9.43. The van der Waals surface area contributed by atoms with Gasteiger partial charge in [0.25, 0.3) is 0 Å². The molecule has 2 N–H and O–H groups in total. The first-order valence-corrected chi connectivity index (χ1v) is 7.06. The van der Waals surface area contributed by atoms with Crippen molar-refractivity contribution in [2.45, 2.75) is 20.1 Å². The molecule has 0 atom stereocenters. The van der Waals surface area contributed by atoms with Crippen molar-refractivity contribution in [1.29, 1.82) is 0 Å². The molecule has 0 spiro atoms. The number of halogens is 3. The molecular weight excluding hydrogens is 321 g/mol. The summed E-state index contributed by atoms with van der Waals surface area (Å²) in [4.78, 5) is 0. The van der Waals surface area contributed by atoms with Gasteiger partial charge in [-0.1, -0.05) is 34.8 Å². The van der Waals surface area contributed by atoms with Crippen LogP contribution in [0.2, 0.25) is 15.1 Å². The third-order valence-corrected chi connectivity index (χ3v) is 3.91. The van der Waals surface area contributed by atoms with Crippen LogP contribution in [-0.4, -0.2) is 9.78 Å². The van der Waals surface area contributed by atoms with Crippen molar-refractivity contribution in [2.75, 3.05) is 0 Å². The fourth-order valence-electron chi connectivity index (χ4n) is 1.90. The molecule has 108 valence electrons. The summed E-state index contributed by atoms with van der Waals surface area (Å²) in [6, 6.07) is 3.35. The maximum atomic E-state index is 6.18. The smallest absolute Gasteiger partial charge is 0.143 e. The van der Waals surface area contributed by atoms with Gasteiger partial charge >= 0.3 is 0 Å². The van der Waals surface area contributed by atoms with E-state index >= 15 is 0 Å². The van der Waals surface area contributed by atoms with Crippen LogP contribution in [0.4, 0.5) is 0 Å². The Hall–Kier alpha value is -0.940. The molecule has 0 aliphatic carbocycles. The SMILES string of the molecule is Cc1nn(C)c(COc2c(Cl)cc(Cl)cc2CN)c1Cl. The molecule has 1 aromatic heterocycles. The lowest BCUT2D eigenvalue weighted by Gasteiger charge is -2.13. The van der Waals surface area contributed by atoms with Crippen molar-refractivity contribution >= 4 is 34.8 Å². The number of nitrogens with zero attached hydrogens (tertiary/aromatic N) is 2. The van der Waals surface area contributed by atoms with Crippen LogP contribution in [0.15, 0.2) is 12.1 Å². The standard InChI is InChI=1S/C13H14Cl3N3O/c1-7-12(16)11(19(2)18-7)6-20-13-8(5-17)3-9(14)4-10(13)15/h3-4H,5-6,17H2,1-2H3. The number of benzene rings is 1. The van der Waals surface area contributed by atoms with Gasteiger partial charge in [0.15, 0.2) is 0 Å². The van der Waals surface area contributed by atoms with Gasteiger partial charge in [-0.05, 0) is 19.1 Å². The Kier molecular flexibility index (Phi) is 4.81. The van der Waals surface area contributed by atoms with Crippen LogP contribution >= 0.6 is 34.8 Å². The van der Waals surface area contributed by atoms with Gasteiger partial charge in [0.05, 0.1) is 21.4 Å². The minimum atomic E-state index is 0.254. The zero-order valence-electron chi connectivity index (χ0n) is 11.1. The van der Waals surface area contributed by atoms with Gasteiger partial charge in [-0.25, -0.2) is 0 Å². The van der Waals surface area contributed by atoms with E-state index in [9.17, 15) is 0 Å². The Morgan fingerprint density at radius 2 is 2.00 bits per heavy atom. The van der Waals surface area contributed by atoms with Crippen molar-refractivity contribution in [2.24, 2.45) is 12.8 Å². The van der Waals surface area contributed by atoms with E-state index in [0.29, 0.717) is 20.8 Å². The summed E-state index contributed by atoms with van der Waals surface area (Å²) in [7, 11) is 1.81. The average molecular weight is 335 g/mol. The molecule has 0 aliphatic rings. The Morgan fingerprint density at radius 3 is 2.55 bits per heavy atom. The van der Waals surface area contributed by atoms with Gasteiger partial charge < -0.3 is 10.5 Å². The molecule has 0 saturated carbocycles. The molecule has 0 fully saturated rings. The third-order valence-electron chi connectivity index (χ3n) is 2.92. The summed E-state index contributed by atoms with van der Waals surface area (Å²) in [5, 5.41) is 5.77. The maximum absolute atomic E-state index is 6.18. The quantitative estimate of drug-likeness (QED) is 0.927. The number of aryl methyl sites for hydroxylation is 2. The summed E-state index contributed by atoms with van der Waals surface area (Å²) in [5.41, 5.74) is 7.96. The van der Waals surface area contributed by atoms with Crippen LogP contribution in [0.25, 0.3) is 0 Å². The number of rotatable bonds is 4. The van der Waals surface area contributed by atoms with E-state index in [4.69, 9.17) is 45.3 Å². The minimum Gasteiger partial charge on any atom is -0.485 e. The number of hydrogen-bond donors (Lipinski definition) is 1. The first kappa shape index (κ1) is 15.4. The molecule has 1 aromatic carbocycles. The molecule has 20 heavy (non-hydrogen) atoms. The van der Waals surface area contributed by atoms with E-state index < -0.39 is 0 Å². The second kappa shape index (κ2) is 6.22. The molecule has 0 aliphatic heterocycles. The molecular formula is C13H14Cl3N3O. The topological polar surface area (TPSA) is 53.1 Å². The molecule has 0 amide bonds. The fraction of sp³-hybridized carbons (Fsp3) is 0.308. The summed E-state index contributed by atoms with van der Waals surface area (Å²) in [6.45, 7) is 2.38. The van der Waals surface area contributed by atoms with Crippen LogP contribution in [0, 0.1) is 6.92 Å². The number of hydrogen-bond acceptors (Lipinski definition) is 3. The minimum absolute atomic E-state index is 0.254. The maximum Gasteiger partial charge on any atom is 0.143 e. The lowest BCUT2D eigenvalue weighted by atomic mass is 10.2. The molecule has 1 heterocycles. The molecule has 2 rings (SSSR count). The number of ether oxygens (including phenoxy) is 1. The van der Waals surface area contributed by atoms with E-state index in [1.54, 1.807) is 16.8 Å². The van der Waals surface area contributed by atoms with Crippen LogP contribution in [0.3, 0.4) is 0 Å². The molecule has 0 bridgehead atoms. The van der Waals surface area contributed by atoms with Crippen molar-refractivity contribution < 1.29 is 4.74 Å². The van der Waals surface area contributed by atoms with Gasteiger partial charge in [-0.15, -0.1) is 0 Å². The van der Waals surface area contributed by atoms with E-state index in [1.807, 2.05) is 14.0 Å². The largest absolute Gasteiger partial charge is 0.485 e. The van der Waals surface area contributed by atoms with Crippen LogP contribution in [0.5, 0.6) is 5.75 Å². The summed E-state index contributed by atoms with van der Waals surface area (Å²) >= 11 is 18.3. The van der Waals surface area contributed by atoms with Gasteiger partial charge in [0.2, 0.25) is 0 Å². The lowest BCUT2D eigenvalue weighted by molar-refractivity contribution is 0.292. The number of nitrogens with two attached hydrogens (primary N) is 1. The van der Waals surface area contributed by atoms with Crippen LogP contribution in [0.1, 0.15) is 17.0 Å². The highest BCUT2D eigenvalue weighted by molar-refractivity contribution is 6.35. The Morgan fingerprint density at radius 1 is 1.30 bits per heavy atom. The van der Waals surface area contributed by atoms with E-state index in [1.165, 1.54) is 0 Å². The van der Waals surface area contributed by atoms with Gasteiger partial charge in [-0.3, -0.25) is 4.68 Å². The lowest BCUT2D eigenvalue weighted by Crippen LogP contribution is -2.07. The Labute approximate surface area is 132 Å². The molecule has 0 radical (unpaired) electrons. The fourth-order valence-corrected chi connectivity index (χ4v) is 2.71. The predicted octanol–water partition coefficient (Wildman–Crippen LogP) is 3.73. The highest BCUT2D eigenvalue weighted by Crippen LogP contribution is 2.33. The van der Waals surface area contributed by atoms with Crippen molar-refractivity contribution in [3.63, 3.8) is 0 Å². The monoisotopic (exact) mass is 333 g/mol. The van der Waals surface area contributed by atoms with Crippen molar-refractivity contribution in [3.8, 4) is 5.75 Å². The first-order valence-electron chi connectivity index (χ1n) is 5.92. The van der Waals surface area contributed by atoms with E-state index in [0.717, 1.165) is 17.0 Å².